The molecule has 0 unspecified atom stereocenters. The summed E-state index contributed by atoms with van der Waals surface area (Å²) in [5, 5.41) is 7.21. The Bertz CT molecular complexity index is 1790. The minimum atomic E-state index is -2.35. The van der Waals surface area contributed by atoms with E-state index in [1.54, 1.807) is 11.0 Å². The number of H-pyrrole nitrogens is 1. The number of hydrogen-bond acceptors (Lipinski definition) is 10. The number of methoxy groups -OCH3 is 1. The van der Waals surface area contributed by atoms with Gasteiger partial charge in [0.15, 0.2) is 5.75 Å². The Hall–Kier alpha value is -3.78. The number of likely N-dealkylation sites (N-methyl/N-ethyl adjacent to an activating group) is 1. The molecule has 15 heteroatoms. The Kier molecular flexibility index (Phi) is 6.77. The van der Waals surface area contributed by atoms with E-state index in [1.165, 1.54) is 30.3 Å². The molecule has 12 nitrogen and oxygen atoms in total. The Morgan fingerprint density at radius 3 is 2.69 bits per heavy atom. The van der Waals surface area contributed by atoms with E-state index in [1.807, 2.05) is 4.90 Å². The molecule has 6 rings (SSSR count). The maximum absolute atomic E-state index is 14.7. The molecule has 0 saturated carbocycles. The fraction of sp³-hybridized carbons (Fsp3) is 0.370. The molecule has 2 aliphatic rings. The number of piperazine rings is 1. The SMILES string of the molecule is [2H]C([2H])([2H])N1C[C@@H](OC)[C@H](Oc2nc(N3CCN(C(=O)C=C)CC3)c3cc(Cl)nc(Oc4c(Cl)c(F)cc5[nH]ncc45)c3n2)C1. The molecule has 2 saturated heterocycles. The first kappa shape index (κ1) is 24.8. The molecular formula is C27H27Cl2FN8O4. The third kappa shape index (κ3) is 5.28. The number of amides is 1. The quantitative estimate of drug-likeness (QED) is 0.242. The smallest absolute Gasteiger partial charge is 0.319 e. The van der Waals surface area contributed by atoms with Crippen molar-refractivity contribution in [2.24, 2.45) is 0 Å². The molecular weight excluding hydrogens is 590 g/mol. The molecule has 1 aromatic carbocycles. The highest BCUT2D eigenvalue weighted by molar-refractivity contribution is 6.33. The number of benzene rings is 1. The van der Waals surface area contributed by atoms with E-state index in [0.29, 0.717) is 48.3 Å². The Morgan fingerprint density at radius 1 is 1.17 bits per heavy atom. The number of aromatic nitrogens is 5. The number of aromatic amines is 1. The number of likely N-dealkylation sites (tertiary alicyclic amines) is 1. The molecule has 220 valence electrons. The average Bonchev–Trinajstić information content (AvgIpc) is 3.66. The summed E-state index contributed by atoms with van der Waals surface area (Å²) in [7, 11) is 1.47. The van der Waals surface area contributed by atoms with Crippen molar-refractivity contribution >= 4 is 56.7 Å². The van der Waals surface area contributed by atoms with Crippen LogP contribution in [0, 0.1) is 5.82 Å². The molecule has 2 fully saturated rings. The number of halogens is 3. The molecule has 0 aliphatic carbocycles. The summed E-state index contributed by atoms with van der Waals surface area (Å²) >= 11 is 12.8. The molecule has 1 N–H and O–H groups in total. The van der Waals surface area contributed by atoms with Gasteiger partial charge in [-0.05, 0) is 19.1 Å². The second kappa shape index (κ2) is 11.5. The molecule has 5 heterocycles. The first-order valence-corrected chi connectivity index (χ1v) is 13.7. The lowest BCUT2D eigenvalue weighted by atomic mass is 10.2. The summed E-state index contributed by atoms with van der Waals surface area (Å²) in [6.45, 7) is 2.97. The highest BCUT2D eigenvalue weighted by Gasteiger charge is 2.34. The lowest BCUT2D eigenvalue weighted by Gasteiger charge is -2.35. The van der Waals surface area contributed by atoms with Crippen LogP contribution in [0.25, 0.3) is 21.8 Å². The number of rotatable bonds is 7. The highest BCUT2D eigenvalue weighted by Crippen LogP contribution is 2.41. The standard InChI is InChI=1S/C27H27Cl2FN8O4/c1-4-21(39)37-5-7-38(8-6-37)25-14-9-20(28)32-26(42-24-15-11-31-35-17(15)10-16(30)22(24)29)23(14)33-27(34-25)41-19-13-36(2)12-18(19)40-3/h4,9-11,18-19H,1,5-8,12-13H2,2-3H3,(H,31,35)/t18-,19-/m1/s1/i2D3. The molecule has 2 aliphatic heterocycles. The number of anilines is 1. The number of fused-ring (bicyclic) bond motifs is 2. The number of ether oxygens (including phenoxy) is 3. The zero-order valence-electron chi connectivity index (χ0n) is 25.3. The average molecular weight is 620 g/mol. The fourth-order valence-electron chi connectivity index (χ4n) is 5.09. The van der Waals surface area contributed by atoms with Gasteiger partial charge in [-0.25, -0.2) is 4.39 Å². The van der Waals surface area contributed by atoms with Crippen molar-refractivity contribution < 1.29 is 27.5 Å². The van der Waals surface area contributed by atoms with E-state index in [4.69, 9.17) is 46.5 Å². The van der Waals surface area contributed by atoms with Crippen LogP contribution in [0.4, 0.5) is 10.2 Å². The van der Waals surface area contributed by atoms with Gasteiger partial charge in [-0.2, -0.15) is 20.1 Å². The van der Waals surface area contributed by atoms with Crippen LogP contribution in [0.15, 0.2) is 31.0 Å². The topological polar surface area (TPSA) is 122 Å². The number of pyridine rings is 1. The van der Waals surface area contributed by atoms with Gasteiger partial charge in [-0.15, -0.1) is 0 Å². The van der Waals surface area contributed by atoms with Crippen LogP contribution in [0.5, 0.6) is 17.6 Å². The minimum absolute atomic E-state index is 0.0354. The Balaban J connectivity index is 1.45. The summed E-state index contributed by atoms with van der Waals surface area (Å²) in [6, 6.07) is 2.66. The van der Waals surface area contributed by atoms with Crippen LogP contribution in [-0.2, 0) is 9.53 Å². The van der Waals surface area contributed by atoms with E-state index >= 15 is 0 Å². The number of nitrogens with one attached hydrogen (secondary N) is 1. The van der Waals surface area contributed by atoms with Crippen molar-refractivity contribution in [3.8, 4) is 17.6 Å². The van der Waals surface area contributed by atoms with Crippen molar-refractivity contribution in [2.45, 2.75) is 12.2 Å². The molecule has 0 bridgehead atoms. The summed E-state index contributed by atoms with van der Waals surface area (Å²) in [4.78, 5) is 30.7. The predicted octanol–water partition coefficient (Wildman–Crippen LogP) is 3.68. The van der Waals surface area contributed by atoms with Crippen molar-refractivity contribution in [3.63, 3.8) is 0 Å². The first-order valence-electron chi connectivity index (χ1n) is 14.4. The molecule has 0 radical (unpaired) electrons. The molecule has 4 aromatic rings. The van der Waals surface area contributed by atoms with Crippen LogP contribution in [0.2, 0.25) is 10.2 Å². The molecule has 3 aromatic heterocycles. The monoisotopic (exact) mass is 619 g/mol. The lowest BCUT2D eigenvalue weighted by molar-refractivity contribution is -0.126. The maximum atomic E-state index is 14.7. The second-order valence-corrected chi connectivity index (χ2v) is 10.5. The summed E-state index contributed by atoms with van der Waals surface area (Å²) < 4.78 is 56.1. The van der Waals surface area contributed by atoms with E-state index in [9.17, 15) is 9.18 Å². The fourth-order valence-corrected chi connectivity index (χ4v) is 5.47. The van der Waals surface area contributed by atoms with Crippen molar-refractivity contribution in [1.82, 2.24) is 34.9 Å². The molecule has 0 spiro atoms. The van der Waals surface area contributed by atoms with Crippen molar-refractivity contribution in [3.05, 3.63) is 47.0 Å². The molecule has 42 heavy (non-hydrogen) atoms. The van der Waals surface area contributed by atoms with Gasteiger partial charge in [0.25, 0.3) is 0 Å². The van der Waals surface area contributed by atoms with Crippen LogP contribution >= 0.6 is 23.2 Å². The molecule has 2 atom stereocenters. The van der Waals surface area contributed by atoms with E-state index in [0.717, 1.165) is 0 Å². The number of hydrogen-bond donors (Lipinski definition) is 1. The normalized spacial score (nSPS) is 20.9. The summed E-state index contributed by atoms with van der Waals surface area (Å²) in [5.74, 6) is -0.683. The van der Waals surface area contributed by atoms with Gasteiger partial charge >= 0.3 is 6.01 Å². The van der Waals surface area contributed by atoms with E-state index in [2.05, 4.69) is 26.7 Å². The minimum Gasteiger partial charge on any atom is -0.456 e. The van der Waals surface area contributed by atoms with Crippen LogP contribution < -0.4 is 14.4 Å². The zero-order chi connectivity index (χ0) is 32.0. The third-order valence-electron chi connectivity index (χ3n) is 7.21. The number of nitrogens with zero attached hydrogens (tertiary/aromatic N) is 7. The van der Waals surface area contributed by atoms with Crippen molar-refractivity contribution in [2.75, 3.05) is 58.3 Å². The van der Waals surface area contributed by atoms with Crippen LogP contribution in [0.3, 0.4) is 0 Å². The van der Waals surface area contributed by atoms with Gasteiger partial charge in [-0.1, -0.05) is 29.8 Å². The number of carbonyl (C=O) groups is 1. The molecule has 1 amide bonds. The first-order chi connectivity index (χ1) is 21.5. The lowest BCUT2D eigenvalue weighted by Crippen LogP contribution is -2.48. The highest BCUT2D eigenvalue weighted by atomic mass is 35.5. The van der Waals surface area contributed by atoms with Gasteiger partial charge in [0, 0.05) is 56.6 Å². The van der Waals surface area contributed by atoms with E-state index < -0.39 is 25.0 Å². The van der Waals surface area contributed by atoms with Gasteiger partial charge in [0.1, 0.15) is 39.5 Å². The van der Waals surface area contributed by atoms with Gasteiger partial charge in [-0.3, -0.25) is 14.8 Å². The Labute approximate surface area is 254 Å². The number of carbonyl (C=O) groups excluding carboxylic acids is 1. The van der Waals surface area contributed by atoms with Gasteiger partial charge in [0.05, 0.1) is 22.5 Å². The predicted molar refractivity (Wildman–Crippen MR) is 155 cm³/mol. The van der Waals surface area contributed by atoms with E-state index in [-0.39, 0.29) is 52.3 Å². The van der Waals surface area contributed by atoms with Crippen LogP contribution in [0.1, 0.15) is 4.11 Å². The summed E-state index contributed by atoms with van der Waals surface area (Å²) in [5.41, 5.74) is 0.510. The largest absolute Gasteiger partial charge is 0.456 e. The van der Waals surface area contributed by atoms with Crippen LogP contribution in [-0.4, -0.2) is 106 Å². The van der Waals surface area contributed by atoms with Gasteiger partial charge < -0.3 is 24.0 Å². The van der Waals surface area contributed by atoms with Gasteiger partial charge in [0.2, 0.25) is 11.8 Å². The summed E-state index contributed by atoms with van der Waals surface area (Å²) in [6.07, 6.45) is 1.39. The Morgan fingerprint density at radius 2 is 1.95 bits per heavy atom. The zero-order valence-corrected chi connectivity index (χ0v) is 23.8. The third-order valence-corrected chi connectivity index (χ3v) is 7.76. The maximum Gasteiger partial charge on any atom is 0.319 e. The van der Waals surface area contributed by atoms with Crippen molar-refractivity contribution in [1.29, 1.82) is 0 Å². The second-order valence-electron chi connectivity index (χ2n) is 9.76.